The van der Waals surface area contributed by atoms with E-state index < -0.39 is 5.97 Å². The Hall–Kier alpha value is -1.82. The van der Waals surface area contributed by atoms with Gasteiger partial charge in [0.25, 0.3) is 0 Å². The molecule has 3 N–H and O–H groups in total. The van der Waals surface area contributed by atoms with Gasteiger partial charge in [-0.3, -0.25) is 0 Å². The lowest BCUT2D eigenvalue weighted by molar-refractivity contribution is 0.0253. The van der Waals surface area contributed by atoms with E-state index in [9.17, 15) is 4.79 Å². The average molecular weight is 263 g/mol. The van der Waals surface area contributed by atoms with E-state index in [-0.39, 0.29) is 17.4 Å². The Morgan fingerprint density at radius 2 is 2.37 bits per heavy atom. The third-order valence-electron chi connectivity index (χ3n) is 3.93. The molecule has 6 heteroatoms. The van der Waals surface area contributed by atoms with Crippen molar-refractivity contribution >= 4 is 17.5 Å². The Morgan fingerprint density at radius 1 is 1.53 bits per heavy atom. The summed E-state index contributed by atoms with van der Waals surface area (Å²) in [6.07, 6.45) is 4.97. The number of carboxylic acids is 1. The quantitative estimate of drug-likeness (QED) is 0.831. The molecule has 2 unspecified atom stereocenters. The Morgan fingerprint density at radius 3 is 3.16 bits per heavy atom. The SMILES string of the molecule is Nc1cnc(N2CCOC3CCCC32)cc1C(=O)O. The van der Waals surface area contributed by atoms with Crippen LogP contribution in [-0.2, 0) is 4.74 Å². The van der Waals surface area contributed by atoms with Gasteiger partial charge < -0.3 is 20.5 Å². The first-order valence-electron chi connectivity index (χ1n) is 6.54. The van der Waals surface area contributed by atoms with E-state index in [1.54, 1.807) is 6.07 Å². The van der Waals surface area contributed by atoms with E-state index in [2.05, 4.69) is 9.88 Å². The van der Waals surface area contributed by atoms with Crippen molar-refractivity contribution in [3.63, 3.8) is 0 Å². The van der Waals surface area contributed by atoms with Gasteiger partial charge in [0.05, 0.1) is 36.2 Å². The van der Waals surface area contributed by atoms with Crippen molar-refractivity contribution in [1.82, 2.24) is 4.98 Å². The fourth-order valence-corrected chi connectivity index (χ4v) is 3.01. The molecule has 0 aromatic carbocycles. The minimum absolute atomic E-state index is 0.117. The largest absolute Gasteiger partial charge is 0.478 e. The van der Waals surface area contributed by atoms with E-state index in [1.165, 1.54) is 6.20 Å². The monoisotopic (exact) mass is 263 g/mol. The number of nitrogen functional groups attached to an aromatic ring is 1. The second kappa shape index (κ2) is 4.70. The lowest BCUT2D eigenvalue weighted by Crippen LogP contribution is -2.49. The zero-order valence-electron chi connectivity index (χ0n) is 10.6. The standard InChI is InChI=1S/C13H17N3O3/c14-9-7-15-12(6-8(9)13(17)18)16-4-5-19-11-3-1-2-10(11)16/h6-7,10-11H,1-5,14H2,(H,17,18). The summed E-state index contributed by atoms with van der Waals surface area (Å²) in [6, 6.07) is 1.88. The van der Waals surface area contributed by atoms with E-state index in [1.807, 2.05) is 0 Å². The lowest BCUT2D eigenvalue weighted by Gasteiger charge is -2.38. The number of aromatic carboxylic acids is 1. The van der Waals surface area contributed by atoms with Crippen molar-refractivity contribution in [3.05, 3.63) is 17.8 Å². The van der Waals surface area contributed by atoms with Crippen LogP contribution in [0.25, 0.3) is 0 Å². The second-order valence-electron chi connectivity index (χ2n) is 5.04. The highest BCUT2D eigenvalue weighted by Gasteiger charge is 2.36. The zero-order chi connectivity index (χ0) is 13.4. The minimum atomic E-state index is -1.02. The number of hydrogen-bond acceptors (Lipinski definition) is 5. The number of carboxylic acid groups (broad SMARTS) is 1. The Kier molecular flexibility index (Phi) is 3.02. The van der Waals surface area contributed by atoms with Crippen LogP contribution in [0, 0.1) is 0 Å². The summed E-state index contributed by atoms with van der Waals surface area (Å²) in [6.45, 7) is 1.41. The molecule has 2 heterocycles. The molecule has 0 radical (unpaired) electrons. The molecule has 0 spiro atoms. The first kappa shape index (κ1) is 12.2. The van der Waals surface area contributed by atoms with Gasteiger partial charge in [0.2, 0.25) is 0 Å². The molecule has 3 rings (SSSR count). The molecule has 1 aromatic rings. The van der Waals surface area contributed by atoms with Crippen LogP contribution >= 0.6 is 0 Å². The smallest absolute Gasteiger partial charge is 0.337 e. The maximum atomic E-state index is 11.1. The van der Waals surface area contributed by atoms with Crippen molar-refractivity contribution in [1.29, 1.82) is 0 Å². The highest BCUT2D eigenvalue weighted by Crippen LogP contribution is 2.33. The van der Waals surface area contributed by atoms with Gasteiger partial charge in [0.15, 0.2) is 0 Å². The van der Waals surface area contributed by atoms with Crippen LogP contribution in [0.4, 0.5) is 11.5 Å². The first-order chi connectivity index (χ1) is 9.16. The van der Waals surface area contributed by atoms with Gasteiger partial charge in [-0.2, -0.15) is 0 Å². The zero-order valence-corrected chi connectivity index (χ0v) is 10.6. The summed E-state index contributed by atoms with van der Waals surface area (Å²) >= 11 is 0. The van der Waals surface area contributed by atoms with Gasteiger partial charge in [0.1, 0.15) is 5.82 Å². The number of nitrogens with two attached hydrogens (primary N) is 1. The van der Waals surface area contributed by atoms with Gasteiger partial charge in [-0.05, 0) is 25.3 Å². The molecular weight excluding hydrogens is 246 g/mol. The van der Waals surface area contributed by atoms with E-state index in [4.69, 9.17) is 15.6 Å². The number of aromatic nitrogens is 1. The fourth-order valence-electron chi connectivity index (χ4n) is 3.01. The molecule has 102 valence electrons. The van der Waals surface area contributed by atoms with E-state index >= 15 is 0 Å². The molecule has 2 fully saturated rings. The summed E-state index contributed by atoms with van der Waals surface area (Å²) in [4.78, 5) is 17.6. The van der Waals surface area contributed by atoms with Crippen LogP contribution in [-0.4, -0.2) is 41.4 Å². The molecule has 2 atom stereocenters. The average Bonchev–Trinajstić information content (AvgIpc) is 2.87. The third-order valence-corrected chi connectivity index (χ3v) is 3.93. The van der Waals surface area contributed by atoms with Gasteiger partial charge in [-0.25, -0.2) is 9.78 Å². The van der Waals surface area contributed by atoms with Gasteiger partial charge in [-0.1, -0.05) is 0 Å². The van der Waals surface area contributed by atoms with Crippen molar-refractivity contribution in [2.75, 3.05) is 23.8 Å². The van der Waals surface area contributed by atoms with Gasteiger partial charge >= 0.3 is 5.97 Å². The molecule has 1 aliphatic heterocycles. The van der Waals surface area contributed by atoms with Crippen LogP contribution in [0.3, 0.4) is 0 Å². The molecule has 1 aliphatic carbocycles. The highest BCUT2D eigenvalue weighted by atomic mass is 16.5. The van der Waals surface area contributed by atoms with Gasteiger partial charge in [0, 0.05) is 6.54 Å². The number of pyridine rings is 1. The minimum Gasteiger partial charge on any atom is -0.478 e. The van der Waals surface area contributed by atoms with Crippen molar-refractivity contribution < 1.29 is 14.6 Å². The summed E-state index contributed by atoms with van der Waals surface area (Å²) in [7, 11) is 0. The molecule has 1 aromatic heterocycles. The number of fused-ring (bicyclic) bond motifs is 1. The molecule has 6 nitrogen and oxygen atoms in total. The number of morpholine rings is 1. The predicted molar refractivity (Wildman–Crippen MR) is 70.3 cm³/mol. The fraction of sp³-hybridized carbons (Fsp3) is 0.538. The van der Waals surface area contributed by atoms with Crippen LogP contribution in [0.1, 0.15) is 29.6 Å². The third kappa shape index (κ3) is 2.12. The normalized spacial score (nSPS) is 26.2. The second-order valence-corrected chi connectivity index (χ2v) is 5.04. The Balaban J connectivity index is 1.93. The molecule has 1 saturated carbocycles. The van der Waals surface area contributed by atoms with E-state index in [0.717, 1.165) is 25.8 Å². The van der Waals surface area contributed by atoms with Crippen LogP contribution < -0.4 is 10.6 Å². The molecule has 0 bridgehead atoms. The summed E-state index contributed by atoms with van der Waals surface area (Å²) < 4.78 is 5.74. The summed E-state index contributed by atoms with van der Waals surface area (Å²) in [5.74, 6) is -0.329. The molecule has 2 aliphatic rings. The number of ether oxygens (including phenoxy) is 1. The van der Waals surface area contributed by atoms with Crippen molar-refractivity contribution in [3.8, 4) is 0 Å². The van der Waals surface area contributed by atoms with Gasteiger partial charge in [-0.15, -0.1) is 0 Å². The van der Waals surface area contributed by atoms with Crippen molar-refractivity contribution in [2.45, 2.75) is 31.4 Å². The highest BCUT2D eigenvalue weighted by molar-refractivity contribution is 5.94. The molecular formula is C13H17N3O3. The summed E-state index contributed by atoms with van der Waals surface area (Å²) in [5.41, 5.74) is 5.96. The van der Waals surface area contributed by atoms with Crippen LogP contribution in [0.2, 0.25) is 0 Å². The molecule has 19 heavy (non-hydrogen) atoms. The number of nitrogens with zero attached hydrogens (tertiary/aromatic N) is 2. The molecule has 1 saturated heterocycles. The van der Waals surface area contributed by atoms with E-state index in [0.29, 0.717) is 18.5 Å². The van der Waals surface area contributed by atoms with Crippen molar-refractivity contribution in [2.24, 2.45) is 0 Å². The Bertz CT molecular complexity index is 506. The summed E-state index contributed by atoms with van der Waals surface area (Å²) in [5, 5.41) is 9.12. The lowest BCUT2D eigenvalue weighted by atomic mass is 10.1. The first-order valence-corrected chi connectivity index (χ1v) is 6.54. The van der Waals surface area contributed by atoms with Crippen LogP contribution in [0.5, 0.6) is 0 Å². The number of rotatable bonds is 2. The Labute approximate surface area is 111 Å². The number of hydrogen-bond donors (Lipinski definition) is 2. The molecule has 0 amide bonds. The van der Waals surface area contributed by atoms with Crippen LogP contribution in [0.15, 0.2) is 12.3 Å². The maximum Gasteiger partial charge on any atom is 0.337 e. The number of anilines is 2. The predicted octanol–water partition coefficient (Wildman–Crippen LogP) is 1.12. The topological polar surface area (TPSA) is 88.7 Å². The maximum absolute atomic E-state index is 11.1. The number of carbonyl (C=O) groups is 1.